The van der Waals surface area contributed by atoms with Gasteiger partial charge in [0.15, 0.2) is 0 Å². The minimum Gasteiger partial charge on any atom is -0.381 e. The Morgan fingerprint density at radius 2 is 2.27 bits per heavy atom. The summed E-state index contributed by atoms with van der Waals surface area (Å²) in [6.45, 7) is 1.91. The van der Waals surface area contributed by atoms with Crippen molar-refractivity contribution in [2.45, 2.75) is 12.8 Å². The van der Waals surface area contributed by atoms with Crippen molar-refractivity contribution >= 4 is 0 Å². The van der Waals surface area contributed by atoms with Crippen LogP contribution < -0.4 is 5.73 Å². The van der Waals surface area contributed by atoms with Crippen LogP contribution in [0.1, 0.15) is 12.8 Å². The molecule has 0 amide bonds. The molecule has 0 radical (unpaired) electrons. The molecule has 2 atom stereocenters. The van der Waals surface area contributed by atoms with E-state index in [1.807, 2.05) is 0 Å². The number of hydrogen-bond acceptors (Lipinski definition) is 2. The number of halogens is 1. The highest BCUT2D eigenvalue weighted by Crippen LogP contribution is 2.23. The number of nitrogens with two attached hydrogens (primary N) is 1. The van der Waals surface area contributed by atoms with Crippen LogP contribution in [-0.2, 0) is 4.74 Å². The summed E-state index contributed by atoms with van der Waals surface area (Å²) in [6.07, 6.45) is 1.64. The van der Waals surface area contributed by atoms with E-state index >= 15 is 0 Å². The third-order valence-corrected chi connectivity index (χ3v) is 2.41. The highest BCUT2D eigenvalue weighted by molar-refractivity contribution is 4.73. The molecule has 1 aliphatic rings. The van der Waals surface area contributed by atoms with E-state index in [-0.39, 0.29) is 6.67 Å². The van der Waals surface area contributed by atoms with Crippen LogP contribution in [0.3, 0.4) is 0 Å². The molecule has 0 aromatic heterocycles. The van der Waals surface area contributed by atoms with E-state index in [0.717, 1.165) is 19.6 Å². The SMILES string of the molecule is NCC1COCCC1CCF. The second-order valence-corrected chi connectivity index (χ2v) is 3.10. The fourth-order valence-corrected chi connectivity index (χ4v) is 1.62. The molecule has 0 spiro atoms. The minimum absolute atomic E-state index is 0.221. The van der Waals surface area contributed by atoms with E-state index in [2.05, 4.69) is 0 Å². The van der Waals surface area contributed by atoms with Crippen LogP contribution in [-0.4, -0.2) is 26.4 Å². The van der Waals surface area contributed by atoms with Crippen molar-refractivity contribution in [2.75, 3.05) is 26.4 Å². The first-order chi connectivity index (χ1) is 5.38. The summed E-state index contributed by atoms with van der Waals surface area (Å²) >= 11 is 0. The Morgan fingerprint density at radius 1 is 1.45 bits per heavy atom. The maximum absolute atomic E-state index is 12.0. The van der Waals surface area contributed by atoms with Crippen molar-refractivity contribution < 1.29 is 9.13 Å². The second-order valence-electron chi connectivity index (χ2n) is 3.10. The summed E-state index contributed by atoms with van der Waals surface area (Å²) in [5.41, 5.74) is 5.52. The van der Waals surface area contributed by atoms with E-state index < -0.39 is 0 Å². The van der Waals surface area contributed by atoms with Crippen LogP contribution in [0.15, 0.2) is 0 Å². The maximum atomic E-state index is 12.0. The number of rotatable bonds is 3. The zero-order valence-electron chi connectivity index (χ0n) is 6.76. The molecule has 0 bridgehead atoms. The first-order valence-electron chi connectivity index (χ1n) is 4.22. The van der Waals surface area contributed by atoms with Gasteiger partial charge in [0.25, 0.3) is 0 Å². The monoisotopic (exact) mass is 161 g/mol. The normalized spacial score (nSPS) is 32.2. The molecule has 1 aliphatic heterocycles. The Balaban J connectivity index is 2.31. The van der Waals surface area contributed by atoms with Crippen molar-refractivity contribution in [3.63, 3.8) is 0 Å². The Bertz CT molecular complexity index is 108. The molecule has 3 heteroatoms. The predicted octanol–water partition coefficient (Wildman–Crippen LogP) is 0.957. The zero-order chi connectivity index (χ0) is 8.10. The van der Waals surface area contributed by atoms with Crippen molar-refractivity contribution in [1.82, 2.24) is 0 Å². The summed E-state index contributed by atoms with van der Waals surface area (Å²) in [7, 11) is 0. The van der Waals surface area contributed by atoms with E-state index in [4.69, 9.17) is 10.5 Å². The van der Waals surface area contributed by atoms with Crippen LogP contribution in [0.2, 0.25) is 0 Å². The summed E-state index contributed by atoms with van der Waals surface area (Å²) < 4.78 is 17.3. The number of hydrogen-bond donors (Lipinski definition) is 1. The molecule has 11 heavy (non-hydrogen) atoms. The first kappa shape index (κ1) is 8.94. The van der Waals surface area contributed by atoms with Gasteiger partial charge in [-0.3, -0.25) is 4.39 Å². The van der Waals surface area contributed by atoms with Gasteiger partial charge >= 0.3 is 0 Å². The van der Waals surface area contributed by atoms with Gasteiger partial charge in [0.05, 0.1) is 13.3 Å². The smallest absolute Gasteiger partial charge is 0.0897 e. The zero-order valence-corrected chi connectivity index (χ0v) is 6.76. The molecule has 2 nitrogen and oxygen atoms in total. The van der Waals surface area contributed by atoms with Gasteiger partial charge in [0.2, 0.25) is 0 Å². The van der Waals surface area contributed by atoms with Gasteiger partial charge < -0.3 is 10.5 Å². The largest absolute Gasteiger partial charge is 0.381 e. The molecule has 1 fully saturated rings. The lowest BCUT2D eigenvalue weighted by atomic mass is 9.86. The highest BCUT2D eigenvalue weighted by atomic mass is 19.1. The van der Waals surface area contributed by atoms with Gasteiger partial charge in [0.1, 0.15) is 0 Å². The molecular formula is C8H16FNO. The summed E-state index contributed by atoms with van der Waals surface area (Å²) in [5.74, 6) is 0.846. The number of alkyl halides is 1. The molecule has 0 saturated carbocycles. The maximum Gasteiger partial charge on any atom is 0.0897 e. The molecule has 1 rings (SSSR count). The lowest BCUT2D eigenvalue weighted by molar-refractivity contribution is 0.0158. The first-order valence-corrected chi connectivity index (χ1v) is 4.22. The molecule has 2 N–H and O–H groups in total. The molecule has 0 aliphatic carbocycles. The lowest BCUT2D eigenvalue weighted by Gasteiger charge is -2.29. The standard InChI is InChI=1S/C8H16FNO/c9-3-1-7-2-4-11-6-8(7)5-10/h7-8H,1-6,10H2. The van der Waals surface area contributed by atoms with Crippen LogP contribution in [0.25, 0.3) is 0 Å². The van der Waals surface area contributed by atoms with E-state index in [1.54, 1.807) is 0 Å². The summed E-state index contributed by atoms with van der Waals surface area (Å²) in [5, 5.41) is 0. The molecule has 1 heterocycles. The molecule has 0 aromatic carbocycles. The van der Waals surface area contributed by atoms with Gasteiger partial charge in [-0.05, 0) is 31.2 Å². The minimum atomic E-state index is -0.221. The van der Waals surface area contributed by atoms with Gasteiger partial charge in [-0.15, -0.1) is 0 Å². The Hall–Kier alpha value is -0.150. The van der Waals surface area contributed by atoms with Crippen molar-refractivity contribution in [3.05, 3.63) is 0 Å². The van der Waals surface area contributed by atoms with Crippen LogP contribution in [0.4, 0.5) is 4.39 Å². The van der Waals surface area contributed by atoms with Crippen LogP contribution in [0.5, 0.6) is 0 Å². The predicted molar refractivity (Wildman–Crippen MR) is 42.1 cm³/mol. The van der Waals surface area contributed by atoms with Crippen LogP contribution >= 0.6 is 0 Å². The fraction of sp³-hybridized carbons (Fsp3) is 1.00. The van der Waals surface area contributed by atoms with Crippen molar-refractivity contribution in [2.24, 2.45) is 17.6 Å². The summed E-state index contributed by atoms with van der Waals surface area (Å²) in [6, 6.07) is 0. The Labute approximate surface area is 66.9 Å². The molecule has 2 unspecified atom stereocenters. The van der Waals surface area contributed by atoms with Gasteiger partial charge in [-0.25, -0.2) is 0 Å². The molecular weight excluding hydrogens is 145 g/mol. The van der Waals surface area contributed by atoms with Gasteiger partial charge in [0, 0.05) is 6.61 Å². The molecule has 0 aromatic rings. The topological polar surface area (TPSA) is 35.2 Å². The lowest BCUT2D eigenvalue weighted by Crippen LogP contribution is -2.33. The second kappa shape index (κ2) is 4.67. The molecule has 1 saturated heterocycles. The third kappa shape index (κ3) is 2.42. The van der Waals surface area contributed by atoms with Gasteiger partial charge in [-0.1, -0.05) is 0 Å². The third-order valence-electron chi connectivity index (χ3n) is 2.41. The van der Waals surface area contributed by atoms with E-state index in [0.29, 0.717) is 24.8 Å². The number of ether oxygens (including phenoxy) is 1. The average molecular weight is 161 g/mol. The van der Waals surface area contributed by atoms with Crippen LogP contribution in [0, 0.1) is 11.8 Å². The van der Waals surface area contributed by atoms with Crippen molar-refractivity contribution in [3.8, 4) is 0 Å². The average Bonchev–Trinajstić information content (AvgIpc) is 2.06. The Kier molecular flexibility index (Phi) is 3.80. The highest BCUT2D eigenvalue weighted by Gasteiger charge is 2.23. The molecule has 66 valence electrons. The summed E-state index contributed by atoms with van der Waals surface area (Å²) in [4.78, 5) is 0. The quantitative estimate of drug-likeness (QED) is 0.669. The fourth-order valence-electron chi connectivity index (χ4n) is 1.62. The van der Waals surface area contributed by atoms with E-state index in [1.165, 1.54) is 0 Å². The van der Waals surface area contributed by atoms with Gasteiger partial charge in [-0.2, -0.15) is 0 Å². The van der Waals surface area contributed by atoms with Crippen molar-refractivity contribution in [1.29, 1.82) is 0 Å². The van der Waals surface area contributed by atoms with E-state index in [9.17, 15) is 4.39 Å². The Morgan fingerprint density at radius 3 is 2.91 bits per heavy atom.